The number of H-pyrrole nitrogens is 1. The lowest BCUT2D eigenvalue weighted by molar-refractivity contribution is -0.130. The highest BCUT2D eigenvalue weighted by Crippen LogP contribution is 2.43. The summed E-state index contributed by atoms with van der Waals surface area (Å²) in [6.45, 7) is 5.66. The molecule has 5 rings (SSSR count). The fourth-order valence-corrected chi connectivity index (χ4v) is 6.61. The molecule has 3 heterocycles. The fourth-order valence-electron chi connectivity index (χ4n) is 5.20. The molecule has 0 aliphatic carbocycles. The number of pyridine rings is 1. The van der Waals surface area contributed by atoms with E-state index in [9.17, 15) is 9.36 Å². The maximum Gasteiger partial charge on any atom is 0.236 e. The Bertz CT molecular complexity index is 1570. The van der Waals surface area contributed by atoms with Gasteiger partial charge in [0.2, 0.25) is 5.91 Å². The molecule has 0 radical (unpaired) electrons. The van der Waals surface area contributed by atoms with Crippen LogP contribution in [0.15, 0.2) is 60.8 Å². The Kier molecular flexibility index (Phi) is 8.38. The van der Waals surface area contributed by atoms with Gasteiger partial charge in [0.15, 0.2) is 0 Å². The summed E-state index contributed by atoms with van der Waals surface area (Å²) in [4.78, 5) is 23.8. The number of nitrogens with zero attached hydrogens (tertiary/aromatic N) is 3. The van der Waals surface area contributed by atoms with Gasteiger partial charge in [-0.3, -0.25) is 9.69 Å². The van der Waals surface area contributed by atoms with Crippen LogP contribution in [0.1, 0.15) is 12.8 Å². The molecular weight excluding hydrogens is 537 g/mol. The number of hydrogen-bond acceptors (Lipinski definition) is 7. The largest absolute Gasteiger partial charge is 0.496 e. The maximum absolute atomic E-state index is 13.1. The van der Waals surface area contributed by atoms with E-state index in [0.29, 0.717) is 17.6 Å². The van der Waals surface area contributed by atoms with E-state index >= 15 is 0 Å². The van der Waals surface area contributed by atoms with Gasteiger partial charge in [-0.25, -0.2) is 4.98 Å². The van der Waals surface area contributed by atoms with Crippen molar-refractivity contribution < 1.29 is 18.8 Å². The quantitative estimate of drug-likeness (QED) is 0.266. The molecule has 0 saturated carbocycles. The van der Waals surface area contributed by atoms with Crippen LogP contribution in [-0.2, 0) is 9.36 Å². The highest BCUT2D eigenvalue weighted by molar-refractivity contribution is 7.70. The average molecular weight is 576 g/mol. The molecule has 0 spiro atoms. The van der Waals surface area contributed by atoms with Crippen molar-refractivity contribution in [2.24, 2.45) is 0 Å². The first-order chi connectivity index (χ1) is 19.6. The number of fused-ring (bicyclic) bond motifs is 1. The molecule has 1 amide bonds. The Morgan fingerprint density at radius 3 is 2.49 bits per heavy atom. The number of hydrogen-bond donors (Lipinski definition) is 2. The Balaban J connectivity index is 1.29. The normalized spacial score (nSPS) is 14.7. The zero-order chi connectivity index (χ0) is 29.1. The Morgan fingerprint density at radius 2 is 1.83 bits per heavy atom. The van der Waals surface area contributed by atoms with Crippen molar-refractivity contribution in [1.29, 1.82) is 0 Å². The lowest BCUT2D eigenvalue weighted by atomic mass is 10.1. The van der Waals surface area contributed by atoms with Gasteiger partial charge in [-0.15, -0.1) is 0 Å². The second-order valence-corrected chi connectivity index (χ2v) is 14.2. The SMILES string of the molecule is COc1cccc(Nc2ccnc3[nH]c(-c4ccc(OC5CCN(CC(=O)N(C)C)CC5)cc4)cc23)c1P(C)(C)=O. The van der Waals surface area contributed by atoms with E-state index in [4.69, 9.17) is 9.47 Å². The zero-order valence-corrected chi connectivity index (χ0v) is 25.2. The van der Waals surface area contributed by atoms with Gasteiger partial charge in [0, 0.05) is 44.5 Å². The van der Waals surface area contributed by atoms with Gasteiger partial charge in [0.05, 0.1) is 30.3 Å². The van der Waals surface area contributed by atoms with Crippen molar-refractivity contribution in [1.82, 2.24) is 19.8 Å². The molecular formula is C31H38N5O4P. The molecule has 2 aromatic heterocycles. The Hall–Kier alpha value is -3.81. The molecule has 1 aliphatic rings. The summed E-state index contributed by atoms with van der Waals surface area (Å²) in [5.74, 6) is 1.57. The number of benzene rings is 2. The van der Waals surface area contributed by atoms with Crippen molar-refractivity contribution in [3.63, 3.8) is 0 Å². The number of ether oxygens (including phenoxy) is 2. The number of carbonyl (C=O) groups is 1. The first-order valence-corrected chi connectivity index (χ1v) is 16.4. The van der Waals surface area contributed by atoms with E-state index in [2.05, 4.69) is 26.3 Å². The molecule has 9 nitrogen and oxygen atoms in total. The molecule has 41 heavy (non-hydrogen) atoms. The molecule has 0 atom stereocenters. The third-order valence-electron chi connectivity index (χ3n) is 7.42. The summed E-state index contributed by atoms with van der Waals surface area (Å²) in [5, 5.41) is 5.09. The van der Waals surface area contributed by atoms with E-state index in [0.717, 1.165) is 65.3 Å². The van der Waals surface area contributed by atoms with Crippen LogP contribution in [0.4, 0.5) is 11.4 Å². The van der Waals surface area contributed by atoms with Crippen molar-refractivity contribution in [2.45, 2.75) is 18.9 Å². The van der Waals surface area contributed by atoms with Crippen LogP contribution in [0.2, 0.25) is 0 Å². The van der Waals surface area contributed by atoms with Crippen LogP contribution in [0, 0.1) is 0 Å². The van der Waals surface area contributed by atoms with Gasteiger partial charge in [0.1, 0.15) is 30.4 Å². The number of likely N-dealkylation sites (tertiary alicyclic amines) is 1. The first kappa shape index (κ1) is 28.7. The zero-order valence-electron chi connectivity index (χ0n) is 24.3. The van der Waals surface area contributed by atoms with Gasteiger partial charge < -0.3 is 29.2 Å². The van der Waals surface area contributed by atoms with E-state index in [1.54, 1.807) is 45.6 Å². The summed E-state index contributed by atoms with van der Waals surface area (Å²) in [7, 11) is 2.56. The van der Waals surface area contributed by atoms with Crippen molar-refractivity contribution in [3.8, 4) is 22.8 Å². The smallest absolute Gasteiger partial charge is 0.236 e. The highest BCUT2D eigenvalue weighted by Gasteiger charge is 2.24. The van der Waals surface area contributed by atoms with Gasteiger partial charge in [0.25, 0.3) is 0 Å². The number of anilines is 2. The number of likely N-dealkylation sites (N-methyl/N-ethyl adjacent to an activating group) is 1. The molecule has 2 N–H and O–H groups in total. The molecule has 4 aromatic rings. The number of carbonyl (C=O) groups excluding carboxylic acids is 1. The Morgan fingerprint density at radius 1 is 1.10 bits per heavy atom. The highest BCUT2D eigenvalue weighted by atomic mass is 31.2. The average Bonchev–Trinajstić information content (AvgIpc) is 3.39. The minimum absolute atomic E-state index is 0.132. The lowest BCUT2D eigenvalue weighted by Crippen LogP contribution is -2.43. The summed E-state index contributed by atoms with van der Waals surface area (Å²) >= 11 is 0. The standard InChI is InChI=1S/C31H38N5O4P/c1-35(2)29(37)20-36-17-14-23(15-18-36)40-22-11-9-21(10-12-22)27-19-24-25(13-16-32-31(24)34-27)33-26-7-6-8-28(39-3)30(26)41(4,5)38/h6-13,16,19,23H,14-15,17-18,20H2,1-5H3,(H2,32,33,34). The van der Waals surface area contributed by atoms with Crippen molar-refractivity contribution >= 4 is 40.8 Å². The third-order valence-corrected chi connectivity index (χ3v) is 8.96. The first-order valence-electron chi connectivity index (χ1n) is 13.8. The van der Waals surface area contributed by atoms with Crippen molar-refractivity contribution in [3.05, 3.63) is 60.8 Å². The van der Waals surface area contributed by atoms with Crippen LogP contribution < -0.4 is 20.1 Å². The van der Waals surface area contributed by atoms with Crippen LogP contribution in [-0.4, -0.2) is 85.9 Å². The molecule has 1 fully saturated rings. The minimum atomic E-state index is -2.62. The van der Waals surface area contributed by atoms with Crippen molar-refractivity contribution in [2.75, 3.05) is 59.5 Å². The van der Waals surface area contributed by atoms with Gasteiger partial charge in [-0.05, 0) is 80.3 Å². The van der Waals surface area contributed by atoms with Gasteiger partial charge in [-0.1, -0.05) is 6.07 Å². The number of aromatic amines is 1. The van der Waals surface area contributed by atoms with Gasteiger partial charge in [-0.2, -0.15) is 0 Å². The number of aromatic nitrogens is 2. The van der Waals surface area contributed by atoms with E-state index < -0.39 is 7.14 Å². The minimum Gasteiger partial charge on any atom is -0.496 e. The molecule has 1 saturated heterocycles. The molecule has 216 valence electrons. The van der Waals surface area contributed by atoms with E-state index in [1.807, 2.05) is 48.5 Å². The second kappa shape index (κ2) is 12.0. The summed E-state index contributed by atoms with van der Waals surface area (Å²) in [6.07, 6.45) is 3.68. The van der Waals surface area contributed by atoms with Crippen LogP contribution in [0.3, 0.4) is 0 Å². The number of piperidine rings is 1. The molecule has 1 aliphatic heterocycles. The number of rotatable bonds is 9. The number of nitrogens with one attached hydrogen (secondary N) is 2. The third kappa shape index (κ3) is 6.58. The maximum atomic E-state index is 13.1. The van der Waals surface area contributed by atoms with Crippen LogP contribution in [0.25, 0.3) is 22.3 Å². The molecule has 2 aromatic carbocycles. The molecule has 0 unspecified atom stereocenters. The monoisotopic (exact) mass is 575 g/mol. The number of methoxy groups -OCH3 is 1. The summed E-state index contributed by atoms with van der Waals surface area (Å²) in [6, 6.07) is 17.7. The van der Waals surface area contributed by atoms with Crippen LogP contribution >= 0.6 is 7.14 Å². The van der Waals surface area contributed by atoms with Gasteiger partial charge >= 0.3 is 0 Å². The fraction of sp³-hybridized carbons (Fsp3) is 0.355. The predicted molar refractivity (Wildman–Crippen MR) is 166 cm³/mol. The topological polar surface area (TPSA) is 99.8 Å². The van der Waals surface area contributed by atoms with Crippen LogP contribution in [0.5, 0.6) is 11.5 Å². The summed E-state index contributed by atoms with van der Waals surface area (Å²) < 4.78 is 24.9. The summed E-state index contributed by atoms with van der Waals surface area (Å²) in [5.41, 5.74) is 4.33. The lowest BCUT2D eigenvalue weighted by Gasteiger charge is -2.32. The predicted octanol–water partition coefficient (Wildman–Crippen LogP) is 5.16. The Labute approximate surface area is 241 Å². The second-order valence-electron chi connectivity index (χ2n) is 11.0. The molecule has 10 heteroatoms. The van der Waals surface area contributed by atoms with E-state index in [1.165, 1.54) is 0 Å². The van der Waals surface area contributed by atoms with E-state index in [-0.39, 0.29) is 12.0 Å². The molecule has 0 bridgehead atoms. The number of amides is 1.